The van der Waals surface area contributed by atoms with Gasteiger partial charge in [-0.15, -0.1) is 0 Å². The number of benzene rings is 5. The van der Waals surface area contributed by atoms with Crippen LogP contribution in [-0.4, -0.2) is 23.9 Å². The van der Waals surface area contributed by atoms with Crippen molar-refractivity contribution >= 4 is 34.6 Å². The Labute approximate surface area is 246 Å². The summed E-state index contributed by atoms with van der Waals surface area (Å²) in [5.41, 5.74) is 3.89. The molecule has 0 fully saturated rings. The largest absolute Gasteiger partial charge is 0.453 e. The molecule has 5 aromatic carbocycles. The van der Waals surface area contributed by atoms with E-state index in [2.05, 4.69) is 0 Å². The van der Waals surface area contributed by atoms with E-state index in [1.54, 1.807) is 36.4 Å². The molecule has 7 rings (SSSR count). The third kappa shape index (κ3) is 4.75. The zero-order valence-electron chi connectivity index (χ0n) is 22.8. The molecule has 0 saturated carbocycles. The molecule has 4 bridgehead atoms. The van der Waals surface area contributed by atoms with Crippen LogP contribution in [0.25, 0.3) is 21.9 Å². The molecule has 0 radical (unpaired) electrons. The van der Waals surface area contributed by atoms with Gasteiger partial charge in [0.2, 0.25) is 0 Å². The highest BCUT2D eigenvalue weighted by atomic mass is 16.6. The van der Waals surface area contributed by atoms with Crippen LogP contribution in [0, 0.1) is 0 Å². The minimum Gasteiger partial charge on any atom is -0.453 e. The summed E-state index contributed by atoms with van der Waals surface area (Å²) in [5, 5.41) is 1.26. The molecule has 0 spiro atoms. The molecule has 7 heteroatoms. The second kappa shape index (κ2) is 10.7. The summed E-state index contributed by atoms with van der Waals surface area (Å²) in [6.45, 7) is 0. The van der Waals surface area contributed by atoms with Gasteiger partial charge in [-0.1, -0.05) is 103 Å². The van der Waals surface area contributed by atoms with Crippen molar-refractivity contribution < 1.29 is 33.4 Å². The fourth-order valence-electron chi connectivity index (χ4n) is 5.98. The zero-order valence-corrected chi connectivity index (χ0v) is 22.8. The molecule has 2 atom stereocenters. The number of carbonyl (C=O) groups excluding carboxylic acids is 4. The number of ether oxygens (including phenoxy) is 3. The summed E-state index contributed by atoms with van der Waals surface area (Å²) < 4.78 is 17.3. The normalized spacial score (nSPS) is 18.3. The molecule has 0 N–H and O–H groups in total. The van der Waals surface area contributed by atoms with Crippen LogP contribution in [0.15, 0.2) is 109 Å². The Morgan fingerprint density at radius 3 is 1.70 bits per heavy atom. The molecule has 210 valence electrons. The standard InChI is InChI=1S/C36H24O7/c37-29-18-23-14-7-8-16-25(23)31-26-17-9-15-24(27(26)20-28-32(31)36(40)43-35(28)39)19-30(38)42-34(22-12-5-2-6-13-22)33(41-29)21-10-3-1-4-11-21/h1-17,20,33-34H,18-19H2/t33-,34-/m1/s1. The maximum atomic E-state index is 13.7. The lowest BCUT2D eigenvalue weighted by Gasteiger charge is -2.28. The van der Waals surface area contributed by atoms with Crippen LogP contribution < -0.4 is 0 Å². The molecule has 0 aromatic heterocycles. The number of esters is 4. The topological polar surface area (TPSA) is 96.0 Å². The molecule has 2 heterocycles. The Morgan fingerprint density at radius 2 is 1.05 bits per heavy atom. The summed E-state index contributed by atoms with van der Waals surface area (Å²) in [4.78, 5) is 53.1. The second-order valence-corrected chi connectivity index (χ2v) is 10.5. The number of rotatable bonds is 2. The highest BCUT2D eigenvalue weighted by Gasteiger charge is 2.37. The lowest BCUT2D eigenvalue weighted by Crippen LogP contribution is -2.25. The van der Waals surface area contributed by atoms with Gasteiger partial charge in [0.15, 0.2) is 12.2 Å². The van der Waals surface area contributed by atoms with Crippen molar-refractivity contribution in [1.29, 1.82) is 0 Å². The zero-order chi connectivity index (χ0) is 29.5. The van der Waals surface area contributed by atoms with E-state index in [4.69, 9.17) is 14.2 Å². The average Bonchev–Trinajstić information content (AvgIpc) is 3.31. The quantitative estimate of drug-likeness (QED) is 0.137. The number of hydrogen-bond acceptors (Lipinski definition) is 7. The van der Waals surface area contributed by atoms with Gasteiger partial charge in [-0.3, -0.25) is 9.59 Å². The van der Waals surface area contributed by atoms with E-state index >= 15 is 0 Å². The van der Waals surface area contributed by atoms with Gasteiger partial charge >= 0.3 is 23.9 Å². The lowest BCUT2D eigenvalue weighted by atomic mass is 9.86. The SMILES string of the molecule is O=C1Cc2ccccc2-c2c3c(cc4c(cccc24)CC(=O)O[C@H](c2ccccc2)[C@@H](c2ccccc2)O1)C(=O)OC3=O. The average molecular weight is 569 g/mol. The number of fused-ring (bicyclic) bond motifs is 4. The van der Waals surface area contributed by atoms with Crippen molar-refractivity contribution in [2.45, 2.75) is 25.0 Å². The van der Waals surface area contributed by atoms with Gasteiger partial charge in [-0.2, -0.15) is 0 Å². The highest BCUT2D eigenvalue weighted by molar-refractivity contribution is 6.23. The fraction of sp³-hybridized carbons (Fsp3) is 0.111. The molecule has 43 heavy (non-hydrogen) atoms. The summed E-state index contributed by atoms with van der Waals surface area (Å²) in [6.07, 6.45) is -2.12. The predicted molar refractivity (Wildman–Crippen MR) is 157 cm³/mol. The molecule has 0 saturated heterocycles. The first-order valence-electron chi connectivity index (χ1n) is 13.9. The van der Waals surface area contributed by atoms with Gasteiger partial charge < -0.3 is 14.2 Å². The molecular weight excluding hydrogens is 544 g/mol. The maximum absolute atomic E-state index is 13.7. The highest BCUT2D eigenvalue weighted by Crippen LogP contribution is 2.42. The summed E-state index contributed by atoms with van der Waals surface area (Å²) in [6, 6.07) is 32.6. The minimum absolute atomic E-state index is 0.115. The van der Waals surface area contributed by atoms with Gasteiger partial charge in [-0.05, 0) is 44.7 Å². The van der Waals surface area contributed by atoms with Gasteiger partial charge in [0.25, 0.3) is 0 Å². The maximum Gasteiger partial charge on any atom is 0.347 e. The smallest absolute Gasteiger partial charge is 0.347 e. The van der Waals surface area contributed by atoms with Gasteiger partial charge in [0.1, 0.15) is 0 Å². The van der Waals surface area contributed by atoms with Crippen LogP contribution in [0.2, 0.25) is 0 Å². The first-order chi connectivity index (χ1) is 21.0. The van der Waals surface area contributed by atoms with Crippen LogP contribution in [0.1, 0.15) is 55.2 Å². The van der Waals surface area contributed by atoms with Crippen LogP contribution >= 0.6 is 0 Å². The van der Waals surface area contributed by atoms with E-state index in [-0.39, 0.29) is 24.0 Å². The van der Waals surface area contributed by atoms with Crippen LogP contribution in [0.5, 0.6) is 0 Å². The van der Waals surface area contributed by atoms with Crippen LogP contribution in [-0.2, 0) is 36.6 Å². The van der Waals surface area contributed by atoms with Crippen molar-refractivity contribution in [3.05, 3.63) is 143 Å². The van der Waals surface area contributed by atoms with Crippen LogP contribution in [0.4, 0.5) is 0 Å². The predicted octanol–water partition coefficient (Wildman–Crippen LogP) is 6.49. The molecule has 0 unspecified atom stereocenters. The molecule has 5 aromatic rings. The van der Waals surface area contributed by atoms with Crippen molar-refractivity contribution in [3.8, 4) is 11.1 Å². The van der Waals surface area contributed by atoms with E-state index in [0.29, 0.717) is 44.2 Å². The minimum atomic E-state index is -0.930. The number of cyclic esters (lactones) is 4. The summed E-state index contributed by atoms with van der Waals surface area (Å²) >= 11 is 0. The second-order valence-electron chi connectivity index (χ2n) is 10.5. The number of carbonyl (C=O) groups is 4. The van der Waals surface area contributed by atoms with E-state index in [1.807, 2.05) is 72.8 Å². The van der Waals surface area contributed by atoms with Gasteiger partial charge in [0.05, 0.1) is 24.0 Å². The van der Waals surface area contributed by atoms with Gasteiger partial charge in [0, 0.05) is 5.56 Å². The van der Waals surface area contributed by atoms with Crippen molar-refractivity contribution in [1.82, 2.24) is 0 Å². The van der Waals surface area contributed by atoms with Crippen molar-refractivity contribution in [3.63, 3.8) is 0 Å². The molecule has 0 aliphatic carbocycles. The molecular formula is C36H24O7. The van der Waals surface area contributed by atoms with E-state index in [1.165, 1.54) is 0 Å². The monoisotopic (exact) mass is 568 g/mol. The third-order valence-electron chi connectivity index (χ3n) is 7.89. The van der Waals surface area contributed by atoms with Crippen molar-refractivity contribution in [2.75, 3.05) is 0 Å². The molecule has 0 amide bonds. The Kier molecular flexibility index (Phi) is 6.55. The molecule has 7 nitrogen and oxygen atoms in total. The third-order valence-corrected chi connectivity index (χ3v) is 7.89. The van der Waals surface area contributed by atoms with Gasteiger partial charge in [-0.25, -0.2) is 9.59 Å². The van der Waals surface area contributed by atoms with Crippen LogP contribution in [0.3, 0.4) is 0 Å². The van der Waals surface area contributed by atoms with E-state index in [9.17, 15) is 19.2 Å². The first kappa shape index (κ1) is 26.3. The van der Waals surface area contributed by atoms with E-state index < -0.39 is 36.1 Å². The summed E-state index contributed by atoms with van der Waals surface area (Å²) in [5.74, 6) is -2.61. The first-order valence-corrected chi connectivity index (χ1v) is 13.9. The molecule has 2 aliphatic heterocycles. The molecule has 2 aliphatic rings. The van der Waals surface area contributed by atoms with E-state index in [0.717, 1.165) is 0 Å². The Balaban J connectivity index is 1.47. The Morgan fingerprint density at radius 1 is 0.488 bits per heavy atom. The number of hydrogen-bond donors (Lipinski definition) is 0. The Hall–Kier alpha value is -5.56. The summed E-state index contributed by atoms with van der Waals surface area (Å²) in [7, 11) is 0. The van der Waals surface area contributed by atoms with Crippen molar-refractivity contribution in [2.24, 2.45) is 0 Å². The fourth-order valence-corrected chi connectivity index (χ4v) is 5.98. The Bertz CT molecular complexity index is 1930. The lowest BCUT2D eigenvalue weighted by molar-refractivity contribution is -0.169.